The number of carbonyl (C=O) groups is 3. The maximum atomic E-state index is 13.3. The minimum atomic E-state index is -0.863. The zero-order valence-corrected chi connectivity index (χ0v) is 20.2. The molecule has 0 saturated carbocycles. The lowest BCUT2D eigenvalue weighted by Crippen LogP contribution is -2.67. The molecule has 4 rings (SSSR count). The molecular formula is C27H27N3O6. The molecule has 1 saturated heterocycles. The van der Waals surface area contributed by atoms with E-state index in [1.54, 1.807) is 44.4 Å². The van der Waals surface area contributed by atoms with Crippen LogP contribution in [0.4, 0.5) is 5.69 Å². The van der Waals surface area contributed by atoms with E-state index in [2.05, 4.69) is 10.7 Å². The summed E-state index contributed by atoms with van der Waals surface area (Å²) in [6.45, 7) is 3.49. The second-order valence-corrected chi connectivity index (χ2v) is 8.01. The molecule has 9 nitrogen and oxygen atoms in total. The second-order valence-electron chi connectivity index (χ2n) is 8.01. The van der Waals surface area contributed by atoms with Crippen molar-refractivity contribution in [3.05, 3.63) is 83.9 Å². The first-order valence-corrected chi connectivity index (χ1v) is 11.5. The molecule has 3 amide bonds. The molecule has 2 N–H and O–H groups in total. The first-order chi connectivity index (χ1) is 17.4. The number of anilines is 1. The summed E-state index contributed by atoms with van der Waals surface area (Å²) in [5.74, 6) is 0.180. The van der Waals surface area contributed by atoms with Crippen molar-refractivity contribution in [1.29, 1.82) is 0 Å². The summed E-state index contributed by atoms with van der Waals surface area (Å²) in [4.78, 5) is 37.9. The zero-order chi connectivity index (χ0) is 25.7. The van der Waals surface area contributed by atoms with E-state index < -0.39 is 24.0 Å². The molecule has 1 aliphatic heterocycles. The van der Waals surface area contributed by atoms with Crippen LogP contribution in [0.5, 0.6) is 17.2 Å². The average molecular weight is 490 g/mol. The van der Waals surface area contributed by atoms with E-state index in [0.717, 1.165) is 0 Å². The summed E-state index contributed by atoms with van der Waals surface area (Å²) < 4.78 is 17.1. The molecule has 2 atom stereocenters. The summed E-state index contributed by atoms with van der Waals surface area (Å²) >= 11 is 0. The molecule has 1 aliphatic rings. The molecule has 36 heavy (non-hydrogen) atoms. The van der Waals surface area contributed by atoms with Crippen molar-refractivity contribution >= 4 is 23.4 Å². The predicted molar refractivity (Wildman–Crippen MR) is 133 cm³/mol. The second kappa shape index (κ2) is 10.8. The van der Waals surface area contributed by atoms with Gasteiger partial charge in [0.05, 0.1) is 19.3 Å². The van der Waals surface area contributed by atoms with Gasteiger partial charge in [0, 0.05) is 24.2 Å². The number of ether oxygens (including phenoxy) is 3. The van der Waals surface area contributed by atoms with Crippen LogP contribution in [0.3, 0.4) is 0 Å². The predicted octanol–water partition coefficient (Wildman–Crippen LogP) is 3.73. The smallest absolute Gasteiger partial charge is 0.285 e. The van der Waals surface area contributed by atoms with Crippen LogP contribution >= 0.6 is 0 Å². The van der Waals surface area contributed by atoms with Crippen LogP contribution in [0.2, 0.25) is 0 Å². The van der Waals surface area contributed by atoms with Gasteiger partial charge in [0.2, 0.25) is 12.0 Å². The van der Waals surface area contributed by atoms with Crippen LogP contribution in [0.25, 0.3) is 0 Å². The maximum absolute atomic E-state index is 13.3. The van der Waals surface area contributed by atoms with Crippen molar-refractivity contribution in [3.63, 3.8) is 0 Å². The number of amides is 3. The zero-order valence-electron chi connectivity index (χ0n) is 20.2. The number of para-hydroxylation sites is 2. The van der Waals surface area contributed by atoms with Crippen molar-refractivity contribution in [2.75, 3.05) is 19.0 Å². The van der Waals surface area contributed by atoms with Crippen LogP contribution in [0.15, 0.2) is 72.8 Å². The van der Waals surface area contributed by atoms with Gasteiger partial charge in [-0.1, -0.05) is 36.4 Å². The van der Waals surface area contributed by atoms with Gasteiger partial charge in [-0.15, -0.1) is 0 Å². The van der Waals surface area contributed by atoms with Crippen LogP contribution in [-0.2, 0) is 9.59 Å². The summed E-state index contributed by atoms with van der Waals surface area (Å²) in [5.41, 5.74) is 4.09. The van der Waals surface area contributed by atoms with Crippen LogP contribution < -0.4 is 25.0 Å². The highest BCUT2D eigenvalue weighted by Gasteiger charge is 2.52. The highest BCUT2D eigenvalue weighted by Crippen LogP contribution is 2.40. The molecule has 0 spiro atoms. The number of hydrogen-bond acceptors (Lipinski definition) is 6. The van der Waals surface area contributed by atoms with Gasteiger partial charge in [-0.05, 0) is 37.3 Å². The molecule has 1 heterocycles. The van der Waals surface area contributed by atoms with Gasteiger partial charge in [0.25, 0.3) is 11.8 Å². The Balaban J connectivity index is 1.62. The minimum absolute atomic E-state index is 0.213. The Kier molecular flexibility index (Phi) is 7.39. The summed E-state index contributed by atoms with van der Waals surface area (Å²) in [7, 11) is 1.54. The fourth-order valence-corrected chi connectivity index (χ4v) is 4.00. The minimum Gasteiger partial charge on any atom is -0.496 e. The van der Waals surface area contributed by atoms with Crippen molar-refractivity contribution in [2.45, 2.75) is 26.0 Å². The largest absolute Gasteiger partial charge is 0.496 e. The number of nitrogens with one attached hydrogen (secondary N) is 2. The van der Waals surface area contributed by atoms with E-state index in [1.807, 2.05) is 36.4 Å². The monoisotopic (exact) mass is 489 g/mol. The molecule has 0 radical (unpaired) electrons. The van der Waals surface area contributed by atoms with Gasteiger partial charge in [-0.2, -0.15) is 0 Å². The highest BCUT2D eigenvalue weighted by atomic mass is 16.5. The topological polar surface area (TPSA) is 106 Å². The molecule has 2 unspecified atom stereocenters. The molecule has 186 valence electrons. The normalized spacial score (nSPS) is 16.5. The standard InChI is InChI=1S/C27H27N3O6/c1-4-35-23-16-18(28-17(2)31)14-15-21(23)26(32)29-30-24(20-12-8-9-13-22(20)34-3)25(27(30)33)36-19-10-6-5-7-11-19/h5-16,24-25H,4H2,1-3H3,(H,28,31)(H,29,32). The van der Waals surface area contributed by atoms with Gasteiger partial charge in [0.15, 0.2) is 0 Å². The van der Waals surface area contributed by atoms with Gasteiger partial charge >= 0.3 is 0 Å². The molecule has 0 aromatic heterocycles. The third kappa shape index (κ3) is 5.10. The number of rotatable bonds is 9. The Bertz CT molecular complexity index is 1260. The Morgan fingerprint density at radius 3 is 2.39 bits per heavy atom. The van der Waals surface area contributed by atoms with Gasteiger partial charge in [0.1, 0.15) is 23.3 Å². The summed E-state index contributed by atoms with van der Waals surface area (Å²) in [6.07, 6.45) is -0.863. The van der Waals surface area contributed by atoms with E-state index in [-0.39, 0.29) is 17.2 Å². The lowest BCUT2D eigenvalue weighted by molar-refractivity contribution is -0.169. The Hall–Kier alpha value is -4.53. The lowest BCUT2D eigenvalue weighted by atomic mass is 9.91. The van der Waals surface area contributed by atoms with E-state index in [0.29, 0.717) is 29.4 Å². The van der Waals surface area contributed by atoms with E-state index in [9.17, 15) is 14.4 Å². The third-order valence-electron chi connectivity index (χ3n) is 5.58. The van der Waals surface area contributed by atoms with E-state index in [4.69, 9.17) is 14.2 Å². The third-order valence-corrected chi connectivity index (χ3v) is 5.58. The number of nitrogens with zero attached hydrogens (tertiary/aromatic N) is 1. The Morgan fingerprint density at radius 2 is 1.69 bits per heavy atom. The van der Waals surface area contributed by atoms with Crippen molar-refractivity contribution in [3.8, 4) is 17.2 Å². The Labute approximate surface area is 208 Å². The summed E-state index contributed by atoms with van der Waals surface area (Å²) in [6, 6.07) is 20.3. The lowest BCUT2D eigenvalue weighted by Gasteiger charge is -2.46. The molecule has 0 aliphatic carbocycles. The number of carbonyl (C=O) groups excluding carboxylic acids is 3. The molecule has 0 bridgehead atoms. The summed E-state index contributed by atoms with van der Waals surface area (Å²) in [5, 5.41) is 3.91. The molecule has 3 aromatic rings. The molecule has 1 fully saturated rings. The number of hydrogen-bond donors (Lipinski definition) is 2. The fraction of sp³-hybridized carbons (Fsp3) is 0.222. The van der Waals surface area contributed by atoms with Crippen LogP contribution in [0.1, 0.15) is 35.8 Å². The number of β-lactam (4-membered cyclic amide) rings is 1. The quantitative estimate of drug-likeness (QED) is 0.444. The van der Waals surface area contributed by atoms with Crippen LogP contribution in [0, 0.1) is 0 Å². The first-order valence-electron chi connectivity index (χ1n) is 11.5. The molecular weight excluding hydrogens is 462 g/mol. The van der Waals surface area contributed by atoms with Gasteiger partial charge < -0.3 is 19.5 Å². The first kappa shape index (κ1) is 24.6. The van der Waals surface area contributed by atoms with E-state index in [1.165, 1.54) is 18.0 Å². The molecule has 9 heteroatoms. The van der Waals surface area contributed by atoms with Crippen LogP contribution in [-0.4, -0.2) is 42.6 Å². The average Bonchev–Trinajstić information content (AvgIpc) is 2.88. The molecule has 3 aromatic carbocycles. The highest BCUT2D eigenvalue weighted by molar-refractivity contribution is 6.00. The SMILES string of the molecule is CCOc1cc(NC(C)=O)ccc1C(=O)NN1C(=O)C(Oc2ccccc2)C1c1ccccc1OC. The number of methoxy groups -OCH3 is 1. The van der Waals surface area contributed by atoms with Crippen molar-refractivity contribution in [1.82, 2.24) is 10.4 Å². The maximum Gasteiger partial charge on any atom is 0.285 e. The fourth-order valence-electron chi connectivity index (χ4n) is 4.00. The van der Waals surface area contributed by atoms with Crippen molar-refractivity contribution < 1.29 is 28.6 Å². The van der Waals surface area contributed by atoms with Gasteiger partial charge in [-0.3, -0.25) is 19.8 Å². The number of hydrazine groups is 1. The number of benzene rings is 3. The Morgan fingerprint density at radius 1 is 0.972 bits per heavy atom. The van der Waals surface area contributed by atoms with Gasteiger partial charge in [-0.25, -0.2) is 5.01 Å². The van der Waals surface area contributed by atoms with Crippen molar-refractivity contribution in [2.24, 2.45) is 0 Å². The van der Waals surface area contributed by atoms with E-state index >= 15 is 0 Å².